The fourth-order valence-electron chi connectivity index (χ4n) is 3.03. The van der Waals surface area contributed by atoms with Crippen molar-refractivity contribution in [3.05, 3.63) is 108 Å². The van der Waals surface area contributed by atoms with E-state index in [2.05, 4.69) is 0 Å². The fraction of sp³-hybridized carbons (Fsp3) is 0.185. The van der Waals surface area contributed by atoms with Crippen molar-refractivity contribution in [3.63, 3.8) is 0 Å². The molecule has 1 heterocycles. The zero-order valence-corrected chi connectivity index (χ0v) is 20.2. The van der Waals surface area contributed by atoms with Gasteiger partial charge in [-0.15, -0.1) is 0 Å². The van der Waals surface area contributed by atoms with Gasteiger partial charge in [0.25, 0.3) is 0 Å². The maximum atomic E-state index is 11.7. The molecule has 2 atom stereocenters. The zero-order valence-electron chi connectivity index (χ0n) is 19.4. The molecule has 1 fully saturated rings. The lowest BCUT2D eigenvalue weighted by Gasteiger charge is -2.13. The topological polar surface area (TPSA) is 136 Å². The molecule has 1 saturated heterocycles. The molecule has 0 bridgehead atoms. The summed E-state index contributed by atoms with van der Waals surface area (Å²) in [6.07, 6.45) is 1.32. The van der Waals surface area contributed by atoms with Crippen LogP contribution >= 0.6 is 12.2 Å². The number of carboxylic acid groups (broad SMARTS) is 2. The van der Waals surface area contributed by atoms with E-state index in [1.54, 1.807) is 84.9 Å². The van der Waals surface area contributed by atoms with Gasteiger partial charge in [-0.2, -0.15) is 0 Å². The summed E-state index contributed by atoms with van der Waals surface area (Å²) in [6.45, 7) is 0.243. The molecule has 0 saturated carbocycles. The molecular weight excluding hydrogens is 482 g/mol. The highest BCUT2D eigenvalue weighted by molar-refractivity contribution is 7.80. The van der Waals surface area contributed by atoms with Crippen molar-refractivity contribution >= 4 is 35.1 Å². The number of hydrogen-bond acceptors (Lipinski definition) is 6. The molecule has 0 aromatic heterocycles. The first-order valence-electron chi connectivity index (χ1n) is 11.0. The number of carbonyl (C=O) groups excluding carboxylic acids is 1. The van der Waals surface area contributed by atoms with Gasteiger partial charge in [-0.25, -0.2) is 14.4 Å². The molecule has 0 aliphatic carbocycles. The first-order valence-corrected chi connectivity index (χ1v) is 11.4. The SMILES string of the molecule is NC(=S)[C@H]1CC[C@@H](COC(=O)c2ccccc2)O1.O=C(O)c1ccccc1.O=C(O)c1ccccc1. The monoisotopic (exact) mass is 509 g/mol. The molecule has 0 spiro atoms. The molecule has 0 amide bonds. The quantitative estimate of drug-likeness (QED) is 0.325. The van der Waals surface area contributed by atoms with Gasteiger partial charge in [0.05, 0.1) is 22.8 Å². The van der Waals surface area contributed by atoms with Gasteiger partial charge in [0.2, 0.25) is 0 Å². The molecule has 3 aromatic rings. The molecule has 1 aliphatic rings. The summed E-state index contributed by atoms with van der Waals surface area (Å²) in [6, 6.07) is 25.5. The van der Waals surface area contributed by atoms with Crippen LogP contribution in [0.15, 0.2) is 91.0 Å². The van der Waals surface area contributed by atoms with Crippen molar-refractivity contribution in [2.24, 2.45) is 5.73 Å². The fourth-order valence-corrected chi connectivity index (χ4v) is 3.20. The Labute approximate surface area is 214 Å². The van der Waals surface area contributed by atoms with Crippen LogP contribution in [-0.2, 0) is 9.47 Å². The number of benzene rings is 3. The van der Waals surface area contributed by atoms with Crippen molar-refractivity contribution in [3.8, 4) is 0 Å². The number of nitrogens with two attached hydrogens (primary N) is 1. The summed E-state index contributed by atoms with van der Waals surface area (Å²) < 4.78 is 10.8. The third kappa shape index (κ3) is 10.0. The van der Waals surface area contributed by atoms with E-state index < -0.39 is 11.9 Å². The number of hydrogen-bond donors (Lipinski definition) is 3. The predicted molar refractivity (Wildman–Crippen MR) is 138 cm³/mol. The first kappa shape index (κ1) is 28.2. The molecule has 9 heteroatoms. The van der Waals surface area contributed by atoms with Crippen LogP contribution in [0.4, 0.5) is 0 Å². The third-order valence-corrected chi connectivity index (χ3v) is 5.14. The zero-order chi connectivity index (χ0) is 26.3. The highest BCUT2D eigenvalue weighted by atomic mass is 32.1. The average molecular weight is 510 g/mol. The normalized spacial score (nSPS) is 15.8. The Bertz CT molecular complexity index is 1080. The van der Waals surface area contributed by atoms with E-state index in [4.69, 9.17) is 37.6 Å². The first-order chi connectivity index (χ1) is 17.3. The summed E-state index contributed by atoms with van der Waals surface area (Å²) in [7, 11) is 0. The summed E-state index contributed by atoms with van der Waals surface area (Å²) in [5.74, 6) is -2.09. The van der Waals surface area contributed by atoms with E-state index >= 15 is 0 Å². The lowest BCUT2D eigenvalue weighted by Crippen LogP contribution is -2.28. The third-order valence-electron chi connectivity index (χ3n) is 4.88. The van der Waals surface area contributed by atoms with E-state index in [9.17, 15) is 14.4 Å². The number of aromatic carboxylic acids is 2. The Morgan fingerprint density at radius 1 is 0.778 bits per heavy atom. The van der Waals surface area contributed by atoms with Crippen LogP contribution in [0.1, 0.15) is 43.9 Å². The van der Waals surface area contributed by atoms with Gasteiger partial charge in [-0.05, 0) is 49.2 Å². The van der Waals surface area contributed by atoms with Gasteiger partial charge in [-0.1, -0.05) is 66.8 Å². The van der Waals surface area contributed by atoms with Crippen LogP contribution in [-0.4, -0.2) is 51.9 Å². The molecular formula is C27H27NO7S. The highest BCUT2D eigenvalue weighted by Gasteiger charge is 2.28. The van der Waals surface area contributed by atoms with Gasteiger partial charge in [0.15, 0.2) is 0 Å². The predicted octanol–water partition coefficient (Wildman–Crippen LogP) is 4.45. The average Bonchev–Trinajstić information content (AvgIpc) is 3.39. The van der Waals surface area contributed by atoms with Crippen molar-refractivity contribution in [2.75, 3.05) is 6.61 Å². The van der Waals surface area contributed by atoms with Gasteiger partial charge in [0.1, 0.15) is 17.7 Å². The Kier molecular flexibility index (Phi) is 11.8. The Morgan fingerprint density at radius 3 is 1.53 bits per heavy atom. The van der Waals surface area contributed by atoms with Crippen molar-refractivity contribution in [2.45, 2.75) is 25.0 Å². The van der Waals surface area contributed by atoms with Crippen LogP contribution in [0, 0.1) is 0 Å². The van der Waals surface area contributed by atoms with E-state index in [-0.39, 0.29) is 24.8 Å². The summed E-state index contributed by atoms with van der Waals surface area (Å²) in [5.41, 5.74) is 6.71. The second kappa shape index (κ2) is 15.0. The standard InChI is InChI=1S/C13H15NO3S.2C7H6O2/c14-12(18)11-7-6-10(17-11)8-16-13(15)9-4-2-1-3-5-9;2*8-7(9)6-4-2-1-3-5-6/h1-5,10-11H,6-8H2,(H2,14,18);2*1-5H,(H,8,9)/t10-,11+;;/m0../s1. The summed E-state index contributed by atoms with van der Waals surface area (Å²) in [4.78, 5) is 32.5. The van der Waals surface area contributed by atoms with Crippen LogP contribution < -0.4 is 5.73 Å². The van der Waals surface area contributed by atoms with Crippen molar-refractivity contribution in [1.82, 2.24) is 0 Å². The van der Waals surface area contributed by atoms with Crippen LogP contribution in [0.5, 0.6) is 0 Å². The second-order valence-electron chi connectivity index (χ2n) is 7.53. The molecule has 0 radical (unpaired) electrons. The highest BCUT2D eigenvalue weighted by Crippen LogP contribution is 2.20. The maximum Gasteiger partial charge on any atom is 0.338 e. The Hall–Kier alpha value is -4.08. The Balaban J connectivity index is 0.000000212. The molecule has 4 rings (SSSR count). The second-order valence-corrected chi connectivity index (χ2v) is 8.00. The molecule has 8 nitrogen and oxygen atoms in total. The molecule has 4 N–H and O–H groups in total. The minimum atomic E-state index is -0.879. The van der Waals surface area contributed by atoms with E-state index in [0.29, 0.717) is 21.7 Å². The van der Waals surface area contributed by atoms with E-state index in [1.165, 1.54) is 0 Å². The maximum absolute atomic E-state index is 11.7. The van der Waals surface area contributed by atoms with E-state index in [1.807, 2.05) is 6.07 Å². The van der Waals surface area contributed by atoms with E-state index in [0.717, 1.165) is 12.8 Å². The lowest BCUT2D eigenvalue weighted by atomic mass is 10.2. The van der Waals surface area contributed by atoms with Crippen molar-refractivity contribution < 1.29 is 34.1 Å². The van der Waals surface area contributed by atoms with Crippen LogP contribution in [0.3, 0.4) is 0 Å². The molecule has 1 aliphatic heterocycles. The van der Waals surface area contributed by atoms with Gasteiger partial charge in [0, 0.05) is 0 Å². The Morgan fingerprint density at radius 2 is 1.19 bits per heavy atom. The molecule has 0 unspecified atom stereocenters. The summed E-state index contributed by atoms with van der Waals surface area (Å²) in [5, 5.41) is 16.8. The van der Waals surface area contributed by atoms with Crippen LogP contribution in [0.2, 0.25) is 0 Å². The minimum absolute atomic E-state index is 0.107. The number of rotatable bonds is 6. The number of carboxylic acids is 2. The van der Waals surface area contributed by atoms with Crippen molar-refractivity contribution in [1.29, 1.82) is 0 Å². The number of ether oxygens (including phenoxy) is 2. The molecule has 3 aromatic carbocycles. The summed E-state index contributed by atoms with van der Waals surface area (Å²) >= 11 is 4.87. The van der Waals surface area contributed by atoms with Crippen LogP contribution in [0.25, 0.3) is 0 Å². The van der Waals surface area contributed by atoms with Gasteiger partial charge in [-0.3, -0.25) is 0 Å². The van der Waals surface area contributed by atoms with Gasteiger partial charge < -0.3 is 25.4 Å². The number of esters is 1. The number of carbonyl (C=O) groups is 3. The molecule has 188 valence electrons. The lowest BCUT2D eigenvalue weighted by molar-refractivity contribution is 0.00740. The molecule has 36 heavy (non-hydrogen) atoms. The minimum Gasteiger partial charge on any atom is -0.478 e. The van der Waals surface area contributed by atoms with Gasteiger partial charge >= 0.3 is 17.9 Å². The number of thiocarbonyl (C=S) groups is 1. The smallest absolute Gasteiger partial charge is 0.338 e. The largest absolute Gasteiger partial charge is 0.478 e.